The lowest BCUT2D eigenvalue weighted by Gasteiger charge is -2.25. The summed E-state index contributed by atoms with van der Waals surface area (Å²) in [5.74, 6) is 1.83. The predicted molar refractivity (Wildman–Crippen MR) is 71.2 cm³/mol. The molecule has 1 aliphatic carbocycles. The van der Waals surface area contributed by atoms with Gasteiger partial charge in [-0.1, -0.05) is 12.1 Å². The molecule has 1 saturated carbocycles. The number of aryl methyl sites for hydroxylation is 1. The van der Waals surface area contributed by atoms with E-state index in [1.54, 1.807) is 7.11 Å². The quantitative estimate of drug-likeness (QED) is 0.867. The van der Waals surface area contributed by atoms with Crippen molar-refractivity contribution in [2.75, 3.05) is 7.11 Å². The number of nitrogens with two attached hydrogens (primary N) is 1. The van der Waals surface area contributed by atoms with Gasteiger partial charge in [-0.2, -0.15) is 0 Å². The topological polar surface area (TPSA) is 35.2 Å². The van der Waals surface area contributed by atoms with E-state index in [9.17, 15) is 0 Å². The van der Waals surface area contributed by atoms with Crippen molar-refractivity contribution >= 4 is 0 Å². The molecule has 0 bridgehead atoms. The van der Waals surface area contributed by atoms with Crippen LogP contribution < -0.4 is 10.5 Å². The number of benzene rings is 1. The minimum absolute atomic E-state index is 0.465. The fraction of sp³-hybridized carbons (Fsp3) is 0.600. The summed E-state index contributed by atoms with van der Waals surface area (Å²) in [5, 5.41) is 0. The summed E-state index contributed by atoms with van der Waals surface area (Å²) in [5.41, 5.74) is 7.34. The van der Waals surface area contributed by atoms with Gasteiger partial charge in [0.05, 0.1) is 7.11 Å². The van der Waals surface area contributed by atoms with Crippen molar-refractivity contribution in [1.29, 1.82) is 0 Å². The zero-order chi connectivity index (χ0) is 12.1. The molecule has 0 spiro atoms. The van der Waals surface area contributed by atoms with Crippen LogP contribution in [0.2, 0.25) is 0 Å². The van der Waals surface area contributed by atoms with Crippen molar-refractivity contribution in [3.05, 3.63) is 29.8 Å². The predicted octanol–water partition coefficient (Wildman–Crippen LogP) is 3.15. The van der Waals surface area contributed by atoms with Crippen molar-refractivity contribution in [2.24, 2.45) is 11.7 Å². The summed E-state index contributed by atoms with van der Waals surface area (Å²) < 4.78 is 5.16. The molecule has 0 amide bonds. The number of hydrogen-bond donors (Lipinski definition) is 1. The van der Waals surface area contributed by atoms with E-state index in [4.69, 9.17) is 10.5 Å². The molecule has 2 heteroatoms. The third-order valence-electron chi connectivity index (χ3n) is 3.89. The molecule has 0 aromatic heterocycles. The standard InChI is InChI=1S/C15H23NO/c1-17-15-10-6-13(7-11-15)3-2-12-4-8-14(16)9-5-12/h6-7,10-12,14H,2-5,8-9,16H2,1H3. The van der Waals surface area contributed by atoms with Crippen LogP contribution in [0.1, 0.15) is 37.7 Å². The first-order valence-corrected chi connectivity index (χ1v) is 6.66. The van der Waals surface area contributed by atoms with Crippen molar-refractivity contribution in [3.63, 3.8) is 0 Å². The minimum atomic E-state index is 0.465. The van der Waals surface area contributed by atoms with E-state index in [1.807, 2.05) is 12.1 Å². The lowest BCUT2D eigenvalue weighted by Crippen LogP contribution is -2.26. The van der Waals surface area contributed by atoms with Crippen LogP contribution in [0, 0.1) is 5.92 Å². The maximum absolute atomic E-state index is 5.92. The molecule has 0 atom stereocenters. The van der Waals surface area contributed by atoms with Crippen molar-refractivity contribution in [1.82, 2.24) is 0 Å². The second kappa shape index (κ2) is 6.06. The van der Waals surface area contributed by atoms with Crippen LogP contribution in [0.3, 0.4) is 0 Å². The average Bonchev–Trinajstić information content (AvgIpc) is 2.39. The summed E-state index contributed by atoms with van der Waals surface area (Å²) in [6.07, 6.45) is 7.55. The molecule has 0 unspecified atom stereocenters. The number of methoxy groups -OCH3 is 1. The van der Waals surface area contributed by atoms with Crippen molar-refractivity contribution in [2.45, 2.75) is 44.6 Å². The number of rotatable bonds is 4. The maximum atomic E-state index is 5.92. The Morgan fingerprint density at radius 2 is 1.76 bits per heavy atom. The van der Waals surface area contributed by atoms with Crippen LogP contribution in [0.4, 0.5) is 0 Å². The van der Waals surface area contributed by atoms with Gasteiger partial charge in [-0.15, -0.1) is 0 Å². The summed E-state index contributed by atoms with van der Waals surface area (Å²) in [4.78, 5) is 0. The highest BCUT2D eigenvalue weighted by Crippen LogP contribution is 2.27. The van der Waals surface area contributed by atoms with Crippen LogP contribution in [0.25, 0.3) is 0 Å². The molecule has 2 rings (SSSR count). The van der Waals surface area contributed by atoms with Crippen molar-refractivity contribution in [3.8, 4) is 5.75 Å². The zero-order valence-corrected chi connectivity index (χ0v) is 10.7. The molecule has 2 N–H and O–H groups in total. The molecule has 0 saturated heterocycles. The second-order valence-electron chi connectivity index (χ2n) is 5.17. The molecular formula is C15H23NO. The number of ether oxygens (including phenoxy) is 1. The third-order valence-corrected chi connectivity index (χ3v) is 3.89. The number of hydrogen-bond acceptors (Lipinski definition) is 2. The van der Waals surface area contributed by atoms with Gasteiger partial charge in [0.15, 0.2) is 0 Å². The zero-order valence-electron chi connectivity index (χ0n) is 10.7. The van der Waals surface area contributed by atoms with Gasteiger partial charge in [0, 0.05) is 6.04 Å². The molecule has 17 heavy (non-hydrogen) atoms. The smallest absolute Gasteiger partial charge is 0.118 e. The van der Waals surface area contributed by atoms with Gasteiger partial charge in [-0.25, -0.2) is 0 Å². The van der Waals surface area contributed by atoms with Gasteiger partial charge >= 0.3 is 0 Å². The SMILES string of the molecule is COc1ccc(CCC2CCC(N)CC2)cc1. The van der Waals surface area contributed by atoms with E-state index in [2.05, 4.69) is 12.1 Å². The molecule has 94 valence electrons. The van der Waals surface area contributed by atoms with Gasteiger partial charge in [0.2, 0.25) is 0 Å². The molecule has 1 aromatic rings. The normalized spacial score (nSPS) is 24.6. The molecule has 0 heterocycles. The fourth-order valence-electron chi connectivity index (χ4n) is 2.64. The van der Waals surface area contributed by atoms with E-state index in [-0.39, 0.29) is 0 Å². The van der Waals surface area contributed by atoms with Gasteiger partial charge in [-0.05, 0) is 62.1 Å². The maximum Gasteiger partial charge on any atom is 0.118 e. The van der Waals surface area contributed by atoms with Crippen LogP contribution in [-0.4, -0.2) is 13.2 Å². The Balaban J connectivity index is 1.77. The van der Waals surface area contributed by atoms with E-state index in [0.717, 1.165) is 11.7 Å². The van der Waals surface area contributed by atoms with E-state index in [1.165, 1.54) is 44.1 Å². The van der Waals surface area contributed by atoms with E-state index >= 15 is 0 Å². The molecule has 1 aromatic carbocycles. The Hall–Kier alpha value is -1.02. The summed E-state index contributed by atoms with van der Waals surface area (Å²) in [7, 11) is 1.71. The second-order valence-corrected chi connectivity index (χ2v) is 5.17. The van der Waals surface area contributed by atoms with E-state index in [0.29, 0.717) is 6.04 Å². The van der Waals surface area contributed by atoms with Gasteiger partial charge < -0.3 is 10.5 Å². The Morgan fingerprint density at radius 3 is 2.35 bits per heavy atom. The third kappa shape index (κ3) is 3.74. The Kier molecular flexibility index (Phi) is 4.43. The van der Waals surface area contributed by atoms with E-state index < -0.39 is 0 Å². The average molecular weight is 233 g/mol. The largest absolute Gasteiger partial charge is 0.497 e. The molecule has 2 nitrogen and oxygen atoms in total. The van der Waals surface area contributed by atoms with Crippen LogP contribution in [-0.2, 0) is 6.42 Å². The first kappa shape index (κ1) is 12.4. The monoisotopic (exact) mass is 233 g/mol. The summed E-state index contributed by atoms with van der Waals surface area (Å²) >= 11 is 0. The molecule has 1 fully saturated rings. The Labute approximate surface area is 104 Å². The summed E-state index contributed by atoms with van der Waals surface area (Å²) in [6, 6.07) is 8.91. The van der Waals surface area contributed by atoms with Gasteiger partial charge in [0.1, 0.15) is 5.75 Å². The first-order valence-electron chi connectivity index (χ1n) is 6.66. The lowest BCUT2D eigenvalue weighted by molar-refractivity contribution is 0.311. The fourth-order valence-corrected chi connectivity index (χ4v) is 2.64. The van der Waals surface area contributed by atoms with Crippen molar-refractivity contribution < 1.29 is 4.74 Å². The minimum Gasteiger partial charge on any atom is -0.497 e. The van der Waals surface area contributed by atoms with Gasteiger partial charge in [-0.3, -0.25) is 0 Å². The highest BCUT2D eigenvalue weighted by atomic mass is 16.5. The lowest BCUT2D eigenvalue weighted by atomic mass is 9.83. The Morgan fingerprint density at radius 1 is 1.12 bits per heavy atom. The van der Waals surface area contributed by atoms with Crippen LogP contribution in [0.15, 0.2) is 24.3 Å². The first-order chi connectivity index (χ1) is 8.28. The molecule has 1 aliphatic rings. The highest BCUT2D eigenvalue weighted by Gasteiger charge is 2.17. The summed E-state index contributed by atoms with van der Waals surface area (Å²) in [6.45, 7) is 0. The van der Waals surface area contributed by atoms with Crippen LogP contribution >= 0.6 is 0 Å². The molecular weight excluding hydrogens is 210 g/mol. The highest BCUT2D eigenvalue weighted by molar-refractivity contribution is 5.27. The Bertz CT molecular complexity index is 325. The molecule has 0 aliphatic heterocycles. The van der Waals surface area contributed by atoms with Gasteiger partial charge in [0.25, 0.3) is 0 Å². The van der Waals surface area contributed by atoms with Crippen LogP contribution in [0.5, 0.6) is 5.75 Å². The molecule has 0 radical (unpaired) electrons.